The van der Waals surface area contributed by atoms with E-state index in [1.807, 2.05) is 0 Å². The molecule has 0 aromatic rings. The normalized spacial score (nSPS) is 12.8. The standard InChI is InChI=1S/C3H9NO4P2.2Na/c1-4(2)3(9(5)6)10(7)8;;/h3,5-6H,1-2H3;;/q-2;2*+1. The molecule has 0 amide bonds. The Kier molecular flexibility index (Phi) is 17.1. The average Bonchev–Trinajstić information content (AvgIpc) is 1.59. The van der Waals surface area contributed by atoms with E-state index in [1.54, 1.807) is 0 Å². The second kappa shape index (κ2) is 10.2. The molecule has 0 radical (unpaired) electrons. The van der Waals surface area contributed by atoms with Crippen LogP contribution in [-0.2, 0) is 0 Å². The molecule has 2 N–H and O–H groups in total. The van der Waals surface area contributed by atoms with Gasteiger partial charge in [-0.1, -0.05) is 0 Å². The molecule has 0 rings (SSSR count). The van der Waals surface area contributed by atoms with Gasteiger partial charge in [-0.3, -0.25) is 13.3 Å². The average molecular weight is 231 g/mol. The van der Waals surface area contributed by atoms with E-state index < -0.39 is 22.3 Å². The van der Waals surface area contributed by atoms with Gasteiger partial charge in [0.15, 0.2) is 8.38 Å². The quantitative estimate of drug-likeness (QED) is 0.372. The second-order valence-corrected chi connectivity index (χ2v) is 4.51. The molecule has 1 unspecified atom stereocenters. The molecule has 12 heavy (non-hydrogen) atoms. The van der Waals surface area contributed by atoms with Crippen molar-refractivity contribution < 1.29 is 78.7 Å². The second-order valence-electron chi connectivity index (χ2n) is 1.92. The smallest absolute Gasteiger partial charge is 0.840 e. The minimum atomic E-state index is -2.79. The fourth-order valence-electron chi connectivity index (χ4n) is 0.479. The molecule has 5 nitrogen and oxygen atoms in total. The van der Waals surface area contributed by atoms with Crippen LogP contribution in [0.2, 0.25) is 0 Å². The van der Waals surface area contributed by atoms with E-state index in [0.29, 0.717) is 0 Å². The van der Waals surface area contributed by atoms with Gasteiger partial charge in [-0.2, -0.15) is 0 Å². The first-order valence-corrected chi connectivity index (χ1v) is 5.00. The van der Waals surface area contributed by atoms with Gasteiger partial charge >= 0.3 is 59.1 Å². The van der Waals surface area contributed by atoms with Crippen molar-refractivity contribution in [2.45, 2.75) is 5.52 Å². The summed E-state index contributed by atoms with van der Waals surface area (Å²) in [7, 11) is -2.26. The van der Waals surface area contributed by atoms with Gasteiger partial charge in [-0.15, -0.1) is 0 Å². The van der Waals surface area contributed by atoms with Gasteiger partial charge in [0.1, 0.15) is 0 Å². The molecule has 0 saturated carbocycles. The molecule has 0 heterocycles. The monoisotopic (exact) mass is 231 g/mol. The van der Waals surface area contributed by atoms with Crippen LogP contribution < -0.4 is 68.9 Å². The van der Waals surface area contributed by atoms with Crippen LogP contribution in [0.3, 0.4) is 0 Å². The fourth-order valence-corrected chi connectivity index (χ4v) is 1.94. The van der Waals surface area contributed by atoms with Gasteiger partial charge in [-0.05, 0) is 14.1 Å². The van der Waals surface area contributed by atoms with E-state index in [1.165, 1.54) is 19.0 Å². The van der Waals surface area contributed by atoms with Gasteiger partial charge in [0.2, 0.25) is 0 Å². The Labute approximate surface area is 119 Å². The molecule has 0 aliphatic rings. The minimum Gasteiger partial charge on any atom is -0.840 e. The van der Waals surface area contributed by atoms with Crippen molar-refractivity contribution in [2.24, 2.45) is 0 Å². The predicted molar refractivity (Wildman–Crippen MR) is 35.8 cm³/mol. The Morgan fingerprint density at radius 2 is 1.50 bits per heavy atom. The zero-order chi connectivity index (χ0) is 8.31. The summed E-state index contributed by atoms with van der Waals surface area (Å²) in [5, 5.41) is 0. The molecule has 0 aromatic heterocycles. The summed E-state index contributed by atoms with van der Waals surface area (Å²) >= 11 is 0. The third kappa shape index (κ3) is 8.01. The third-order valence-electron chi connectivity index (χ3n) is 0.857. The SMILES string of the molecule is CN(C)C(P([O-])[O-])P(O)O.[Na+].[Na+]. The van der Waals surface area contributed by atoms with Crippen LogP contribution in [0.1, 0.15) is 0 Å². The van der Waals surface area contributed by atoms with Crippen molar-refractivity contribution in [3.63, 3.8) is 0 Å². The first-order chi connectivity index (χ1) is 4.46. The fraction of sp³-hybridized carbons (Fsp3) is 1.00. The molecule has 9 heteroatoms. The van der Waals surface area contributed by atoms with Gasteiger partial charge in [-0.25, -0.2) is 0 Å². The van der Waals surface area contributed by atoms with Gasteiger partial charge in [0, 0.05) is 0 Å². The van der Waals surface area contributed by atoms with Crippen molar-refractivity contribution in [1.29, 1.82) is 0 Å². The van der Waals surface area contributed by atoms with Crippen molar-refractivity contribution in [2.75, 3.05) is 14.1 Å². The molecule has 0 aromatic carbocycles. The maximum atomic E-state index is 10.3. The predicted octanol–water partition coefficient (Wildman–Crippen LogP) is -7.83. The summed E-state index contributed by atoms with van der Waals surface area (Å²) in [5.74, 6) is 0. The van der Waals surface area contributed by atoms with E-state index in [9.17, 15) is 9.79 Å². The Balaban J connectivity index is -0.000000405. The summed E-state index contributed by atoms with van der Waals surface area (Å²) < 4.78 is 0. The molecule has 62 valence electrons. The van der Waals surface area contributed by atoms with Crippen molar-refractivity contribution in [3.8, 4) is 0 Å². The maximum Gasteiger partial charge on any atom is 1.00 e. The molecule has 0 spiro atoms. The van der Waals surface area contributed by atoms with E-state index in [-0.39, 0.29) is 59.1 Å². The van der Waals surface area contributed by atoms with Crippen LogP contribution in [0.25, 0.3) is 0 Å². The van der Waals surface area contributed by atoms with Crippen LogP contribution in [0, 0.1) is 0 Å². The van der Waals surface area contributed by atoms with Crippen molar-refractivity contribution >= 4 is 16.8 Å². The van der Waals surface area contributed by atoms with Gasteiger partial charge < -0.3 is 19.6 Å². The van der Waals surface area contributed by atoms with Crippen LogP contribution in [0.5, 0.6) is 0 Å². The summed E-state index contributed by atoms with van der Waals surface area (Å²) in [4.78, 5) is 38.9. The van der Waals surface area contributed by atoms with Crippen LogP contribution in [-0.4, -0.2) is 34.3 Å². The molecule has 0 fully saturated rings. The first kappa shape index (κ1) is 20.1. The van der Waals surface area contributed by atoms with Crippen LogP contribution in [0.4, 0.5) is 0 Å². The zero-order valence-electron chi connectivity index (χ0n) is 7.63. The van der Waals surface area contributed by atoms with E-state index in [0.717, 1.165) is 0 Å². The molecule has 0 bridgehead atoms. The molecule has 0 aliphatic carbocycles. The molecule has 0 saturated heterocycles. The Bertz CT molecular complexity index is 87.3. The summed E-state index contributed by atoms with van der Waals surface area (Å²) in [5.41, 5.74) is -1.15. The van der Waals surface area contributed by atoms with Crippen LogP contribution >= 0.6 is 16.8 Å². The van der Waals surface area contributed by atoms with E-state index in [2.05, 4.69) is 0 Å². The van der Waals surface area contributed by atoms with Crippen molar-refractivity contribution in [1.82, 2.24) is 4.90 Å². The third-order valence-corrected chi connectivity index (χ3v) is 3.76. The molecule has 1 atom stereocenters. The molecular formula is C3H9NNa2O4P2. The topological polar surface area (TPSA) is 89.8 Å². The van der Waals surface area contributed by atoms with Crippen molar-refractivity contribution in [3.05, 3.63) is 0 Å². The maximum absolute atomic E-state index is 10.3. The van der Waals surface area contributed by atoms with E-state index >= 15 is 0 Å². The first-order valence-electron chi connectivity index (χ1n) is 2.43. The Hall–Kier alpha value is 2.66. The summed E-state index contributed by atoms with van der Waals surface area (Å²) in [6.07, 6.45) is 0. The Morgan fingerprint density at radius 3 is 1.50 bits per heavy atom. The van der Waals surface area contributed by atoms with Gasteiger partial charge in [0.05, 0.1) is 5.52 Å². The van der Waals surface area contributed by atoms with Crippen LogP contribution in [0.15, 0.2) is 0 Å². The summed E-state index contributed by atoms with van der Waals surface area (Å²) in [6.45, 7) is 0. The van der Waals surface area contributed by atoms with E-state index in [4.69, 9.17) is 9.79 Å². The summed E-state index contributed by atoms with van der Waals surface area (Å²) in [6, 6.07) is 0. The largest absolute Gasteiger partial charge is 1.00 e. The Morgan fingerprint density at radius 1 is 1.17 bits per heavy atom. The zero-order valence-corrected chi connectivity index (χ0v) is 13.4. The van der Waals surface area contributed by atoms with Gasteiger partial charge in [0.25, 0.3) is 0 Å². The molecule has 0 aliphatic heterocycles. The number of hydrogen-bond acceptors (Lipinski definition) is 5. The number of nitrogens with zero attached hydrogens (tertiary/aromatic N) is 1. The minimum absolute atomic E-state index is 0. The number of rotatable bonds is 3. The molecular weight excluding hydrogens is 222 g/mol. The number of hydrogen-bond donors (Lipinski definition) is 2.